The molecule has 4 nitrogen and oxygen atoms in total. The first kappa shape index (κ1) is 10.7. The van der Waals surface area contributed by atoms with Gasteiger partial charge in [-0.15, -0.1) is 0 Å². The van der Waals surface area contributed by atoms with Crippen LogP contribution in [0.5, 0.6) is 0 Å². The van der Waals surface area contributed by atoms with E-state index in [1.165, 1.54) is 0 Å². The smallest absolute Gasteiger partial charge is 0.186 e. The minimum absolute atomic E-state index is 0.446. The fourth-order valence-electron chi connectivity index (χ4n) is 0.809. The number of halogens is 1. The Balaban J connectivity index is 2.10. The molecule has 6 heteroatoms. The van der Waals surface area contributed by atoms with Crippen molar-refractivity contribution in [3.63, 3.8) is 0 Å². The average molecular weight is 222 g/mol. The van der Waals surface area contributed by atoms with Gasteiger partial charge in [-0.1, -0.05) is 11.6 Å². The van der Waals surface area contributed by atoms with Gasteiger partial charge in [0.25, 0.3) is 0 Å². The molecule has 0 amide bonds. The molecule has 0 unspecified atom stereocenters. The molecular weight excluding hydrogens is 210 g/mol. The highest BCUT2D eigenvalue weighted by atomic mass is 35.5. The quantitative estimate of drug-likeness (QED) is 0.747. The molecule has 0 aliphatic heterocycles. The van der Waals surface area contributed by atoms with Crippen molar-refractivity contribution in [2.45, 2.75) is 13.3 Å². The Hall–Kier alpha value is -0.390. The number of nitrogens with one attached hydrogen (secondary N) is 1. The van der Waals surface area contributed by atoms with E-state index in [0.29, 0.717) is 11.0 Å². The molecule has 74 valence electrons. The fraction of sp³-hybridized carbons (Fsp3) is 0.714. The van der Waals surface area contributed by atoms with E-state index in [-0.39, 0.29) is 0 Å². The summed E-state index contributed by atoms with van der Waals surface area (Å²) in [6.07, 6.45) is 0.946. The first-order valence-corrected chi connectivity index (χ1v) is 5.25. The van der Waals surface area contributed by atoms with Crippen LogP contribution in [-0.2, 0) is 4.74 Å². The molecule has 0 spiro atoms. The number of rotatable bonds is 6. The van der Waals surface area contributed by atoms with Crippen molar-refractivity contribution in [1.82, 2.24) is 8.75 Å². The lowest BCUT2D eigenvalue weighted by Gasteiger charge is -2.02. The Bertz CT molecular complexity index is 243. The number of ether oxygens (including phenoxy) is 1. The Labute approximate surface area is 86.6 Å². The van der Waals surface area contributed by atoms with E-state index in [1.807, 2.05) is 6.92 Å². The van der Waals surface area contributed by atoms with Crippen molar-refractivity contribution in [2.75, 3.05) is 25.1 Å². The lowest BCUT2D eigenvalue weighted by molar-refractivity contribution is 0.147. The van der Waals surface area contributed by atoms with Gasteiger partial charge in [-0.05, 0) is 13.3 Å². The van der Waals surface area contributed by atoms with E-state index in [1.54, 1.807) is 0 Å². The van der Waals surface area contributed by atoms with Gasteiger partial charge in [0.2, 0.25) is 0 Å². The van der Waals surface area contributed by atoms with Crippen molar-refractivity contribution in [2.24, 2.45) is 0 Å². The number of nitrogens with zero attached hydrogens (tertiary/aromatic N) is 2. The second-order valence-corrected chi connectivity index (χ2v) is 3.27. The van der Waals surface area contributed by atoms with Gasteiger partial charge < -0.3 is 10.1 Å². The maximum Gasteiger partial charge on any atom is 0.186 e. The van der Waals surface area contributed by atoms with Crippen molar-refractivity contribution in [3.8, 4) is 0 Å². The molecule has 1 N–H and O–H groups in total. The summed E-state index contributed by atoms with van der Waals surface area (Å²) in [5.41, 5.74) is 0. The summed E-state index contributed by atoms with van der Waals surface area (Å²) in [4.78, 5) is 0. The zero-order valence-corrected chi connectivity index (χ0v) is 8.99. The second-order valence-electron chi connectivity index (χ2n) is 2.38. The first-order chi connectivity index (χ1) is 6.34. The standard InChI is InChI=1S/C7H12ClN3OS/c1-2-12-5-3-4-9-7-6(8)10-13-11-7/h2-5H2,1H3,(H,9,11). The van der Waals surface area contributed by atoms with Crippen LogP contribution >= 0.6 is 23.3 Å². The zero-order chi connectivity index (χ0) is 9.52. The molecule has 1 aromatic heterocycles. The van der Waals surface area contributed by atoms with E-state index in [2.05, 4.69) is 14.1 Å². The minimum Gasteiger partial charge on any atom is -0.382 e. The topological polar surface area (TPSA) is 47.0 Å². The van der Waals surface area contributed by atoms with Gasteiger partial charge in [0, 0.05) is 19.8 Å². The second kappa shape index (κ2) is 6.12. The Morgan fingerprint density at radius 3 is 3.00 bits per heavy atom. The summed E-state index contributed by atoms with van der Waals surface area (Å²) in [6.45, 7) is 4.32. The van der Waals surface area contributed by atoms with Crippen LogP contribution in [0, 0.1) is 0 Å². The van der Waals surface area contributed by atoms with Gasteiger partial charge in [-0.3, -0.25) is 0 Å². The summed E-state index contributed by atoms with van der Waals surface area (Å²) < 4.78 is 13.0. The molecule has 0 aliphatic carbocycles. The molecule has 0 saturated carbocycles. The van der Waals surface area contributed by atoms with Gasteiger partial charge >= 0.3 is 0 Å². The van der Waals surface area contributed by atoms with E-state index >= 15 is 0 Å². The number of hydrogen-bond donors (Lipinski definition) is 1. The van der Waals surface area contributed by atoms with Crippen LogP contribution in [0.2, 0.25) is 5.15 Å². The molecule has 0 saturated heterocycles. The van der Waals surface area contributed by atoms with Crippen LogP contribution in [0.15, 0.2) is 0 Å². The third-order valence-electron chi connectivity index (χ3n) is 1.41. The van der Waals surface area contributed by atoms with Gasteiger partial charge in [-0.25, -0.2) is 0 Å². The molecule has 0 aromatic carbocycles. The summed E-state index contributed by atoms with van der Waals surface area (Å²) >= 11 is 6.83. The normalized spacial score (nSPS) is 10.3. The number of aromatic nitrogens is 2. The van der Waals surface area contributed by atoms with Crippen LogP contribution in [0.1, 0.15) is 13.3 Å². The molecule has 0 radical (unpaired) electrons. The summed E-state index contributed by atoms with van der Waals surface area (Å²) in [7, 11) is 0. The van der Waals surface area contributed by atoms with Crippen LogP contribution in [0.3, 0.4) is 0 Å². The maximum atomic E-state index is 5.72. The van der Waals surface area contributed by atoms with E-state index in [0.717, 1.165) is 37.9 Å². The maximum absolute atomic E-state index is 5.72. The van der Waals surface area contributed by atoms with E-state index in [9.17, 15) is 0 Å². The molecule has 1 rings (SSSR count). The van der Waals surface area contributed by atoms with Gasteiger partial charge in [0.15, 0.2) is 11.0 Å². The highest BCUT2D eigenvalue weighted by Gasteiger charge is 2.02. The SMILES string of the molecule is CCOCCCNc1nsnc1Cl. The lowest BCUT2D eigenvalue weighted by Crippen LogP contribution is -2.05. The van der Waals surface area contributed by atoms with Crippen LogP contribution in [-0.4, -0.2) is 28.5 Å². The minimum atomic E-state index is 0.446. The molecule has 13 heavy (non-hydrogen) atoms. The average Bonchev–Trinajstić information content (AvgIpc) is 2.52. The van der Waals surface area contributed by atoms with Gasteiger partial charge in [0.05, 0.1) is 11.7 Å². The van der Waals surface area contributed by atoms with Crippen molar-refractivity contribution < 1.29 is 4.74 Å². The number of anilines is 1. The largest absolute Gasteiger partial charge is 0.382 e. The van der Waals surface area contributed by atoms with E-state index in [4.69, 9.17) is 16.3 Å². The highest BCUT2D eigenvalue weighted by molar-refractivity contribution is 6.99. The predicted octanol–water partition coefficient (Wildman–Crippen LogP) is 2.03. The lowest BCUT2D eigenvalue weighted by atomic mass is 10.4. The third-order valence-corrected chi connectivity index (χ3v) is 2.30. The summed E-state index contributed by atoms with van der Waals surface area (Å²) in [5, 5.41) is 3.52. The van der Waals surface area contributed by atoms with Gasteiger partial charge in [0.1, 0.15) is 0 Å². The zero-order valence-electron chi connectivity index (χ0n) is 7.42. The molecule has 0 bridgehead atoms. The number of hydrogen-bond acceptors (Lipinski definition) is 5. The van der Waals surface area contributed by atoms with Crippen LogP contribution in [0.25, 0.3) is 0 Å². The molecule has 0 atom stereocenters. The van der Waals surface area contributed by atoms with E-state index < -0.39 is 0 Å². The van der Waals surface area contributed by atoms with Gasteiger partial charge in [-0.2, -0.15) is 8.75 Å². The molecule has 1 aromatic rings. The Morgan fingerprint density at radius 2 is 2.38 bits per heavy atom. The van der Waals surface area contributed by atoms with Crippen LogP contribution < -0.4 is 5.32 Å². The summed E-state index contributed by atoms with van der Waals surface area (Å²) in [6, 6.07) is 0. The molecule has 0 fully saturated rings. The van der Waals surface area contributed by atoms with Crippen LogP contribution in [0.4, 0.5) is 5.82 Å². The molecule has 0 aliphatic rings. The van der Waals surface area contributed by atoms with Crippen molar-refractivity contribution in [3.05, 3.63) is 5.15 Å². The van der Waals surface area contributed by atoms with Crippen molar-refractivity contribution in [1.29, 1.82) is 0 Å². The Kier molecular flexibility index (Phi) is 5.03. The fourth-order valence-corrected chi connectivity index (χ4v) is 1.49. The first-order valence-electron chi connectivity index (χ1n) is 4.14. The van der Waals surface area contributed by atoms with Crippen molar-refractivity contribution >= 4 is 29.1 Å². The monoisotopic (exact) mass is 221 g/mol. The molecule has 1 heterocycles. The highest BCUT2D eigenvalue weighted by Crippen LogP contribution is 2.17. The summed E-state index contributed by atoms with van der Waals surface area (Å²) in [5.74, 6) is 0.670. The third kappa shape index (κ3) is 3.89. The Morgan fingerprint density at radius 1 is 1.54 bits per heavy atom. The molecular formula is C7H12ClN3OS. The predicted molar refractivity (Wildman–Crippen MR) is 54.5 cm³/mol.